The number of H-pyrrole nitrogens is 1. The smallest absolute Gasteiger partial charge is 0.307 e. The molecule has 1 aliphatic carbocycles. The van der Waals surface area contributed by atoms with Crippen molar-refractivity contribution in [2.24, 2.45) is 11.8 Å². The fraction of sp³-hybridized carbons (Fsp3) is 0.583. The van der Waals surface area contributed by atoms with Gasteiger partial charge in [-0.05, 0) is 26.7 Å². The van der Waals surface area contributed by atoms with Crippen LogP contribution in [-0.4, -0.2) is 27.2 Å². The molecular formula is C12H17N3O3. The molecule has 1 heterocycles. The Bertz CT molecular complexity index is 461. The van der Waals surface area contributed by atoms with Gasteiger partial charge in [0.05, 0.1) is 28.9 Å². The second kappa shape index (κ2) is 4.80. The Morgan fingerprint density at radius 2 is 2.00 bits per heavy atom. The van der Waals surface area contributed by atoms with Crippen LogP contribution < -0.4 is 5.32 Å². The molecule has 0 saturated heterocycles. The summed E-state index contributed by atoms with van der Waals surface area (Å²) < 4.78 is 0. The summed E-state index contributed by atoms with van der Waals surface area (Å²) in [6.07, 6.45) is 2.01. The fourth-order valence-corrected chi connectivity index (χ4v) is 2.52. The number of carboxylic acids is 1. The van der Waals surface area contributed by atoms with E-state index in [0.717, 1.165) is 12.1 Å². The third-order valence-corrected chi connectivity index (χ3v) is 3.55. The fourth-order valence-electron chi connectivity index (χ4n) is 2.52. The molecule has 18 heavy (non-hydrogen) atoms. The van der Waals surface area contributed by atoms with Gasteiger partial charge in [-0.15, -0.1) is 0 Å². The van der Waals surface area contributed by atoms with Gasteiger partial charge in [-0.1, -0.05) is 6.42 Å². The molecule has 0 spiro atoms. The van der Waals surface area contributed by atoms with Crippen LogP contribution in [0.5, 0.6) is 0 Å². The summed E-state index contributed by atoms with van der Waals surface area (Å²) in [6.45, 7) is 3.61. The number of anilines is 1. The number of nitrogens with one attached hydrogen (secondary N) is 2. The number of nitrogens with zero attached hydrogens (tertiary/aromatic N) is 1. The monoisotopic (exact) mass is 251 g/mol. The number of carboxylic acid groups (broad SMARTS) is 1. The molecule has 1 saturated carbocycles. The lowest BCUT2D eigenvalue weighted by Crippen LogP contribution is -2.30. The molecule has 2 unspecified atom stereocenters. The van der Waals surface area contributed by atoms with Crippen LogP contribution in [0.4, 0.5) is 5.69 Å². The normalized spacial score (nSPS) is 23.0. The van der Waals surface area contributed by atoms with Crippen molar-refractivity contribution in [1.82, 2.24) is 10.2 Å². The summed E-state index contributed by atoms with van der Waals surface area (Å²) in [5, 5.41) is 18.6. The minimum absolute atomic E-state index is 0.215. The molecule has 1 amide bonds. The van der Waals surface area contributed by atoms with Gasteiger partial charge >= 0.3 is 5.97 Å². The van der Waals surface area contributed by atoms with Crippen molar-refractivity contribution in [3.8, 4) is 0 Å². The Morgan fingerprint density at radius 1 is 1.33 bits per heavy atom. The molecule has 3 N–H and O–H groups in total. The van der Waals surface area contributed by atoms with Crippen LogP contribution in [-0.2, 0) is 9.59 Å². The molecule has 6 nitrogen and oxygen atoms in total. The van der Waals surface area contributed by atoms with Crippen LogP contribution in [0.1, 0.15) is 30.7 Å². The maximum Gasteiger partial charge on any atom is 0.307 e. The second-order valence-corrected chi connectivity index (χ2v) is 4.78. The van der Waals surface area contributed by atoms with Crippen molar-refractivity contribution in [3.63, 3.8) is 0 Å². The van der Waals surface area contributed by atoms with Crippen LogP contribution in [0.15, 0.2) is 0 Å². The molecule has 1 aromatic heterocycles. The number of hydrogen-bond acceptors (Lipinski definition) is 3. The average Bonchev–Trinajstić information content (AvgIpc) is 2.90. The van der Waals surface area contributed by atoms with Crippen molar-refractivity contribution in [2.75, 3.05) is 5.32 Å². The van der Waals surface area contributed by atoms with Gasteiger partial charge in [0.2, 0.25) is 5.91 Å². The third kappa shape index (κ3) is 2.23. The predicted molar refractivity (Wildman–Crippen MR) is 65.2 cm³/mol. The maximum atomic E-state index is 12.1. The van der Waals surface area contributed by atoms with Gasteiger partial charge in [0, 0.05) is 0 Å². The largest absolute Gasteiger partial charge is 0.481 e. The van der Waals surface area contributed by atoms with Gasteiger partial charge in [-0.3, -0.25) is 14.7 Å². The van der Waals surface area contributed by atoms with Gasteiger partial charge in [-0.25, -0.2) is 0 Å². The van der Waals surface area contributed by atoms with E-state index in [-0.39, 0.29) is 5.91 Å². The van der Waals surface area contributed by atoms with Crippen LogP contribution in [0.2, 0.25) is 0 Å². The first-order valence-corrected chi connectivity index (χ1v) is 6.06. The summed E-state index contributed by atoms with van der Waals surface area (Å²) >= 11 is 0. The number of aromatic nitrogens is 2. The highest BCUT2D eigenvalue weighted by molar-refractivity contribution is 5.96. The summed E-state index contributed by atoms with van der Waals surface area (Å²) in [5.74, 6) is -2.09. The first-order valence-electron chi connectivity index (χ1n) is 6.06. The summed E-state index contributed by atoms with van der Waals surface area (Å²) in [6, 6.07) is 0. The van der Waals surface area contributed by atoms with Crippen LogP contribution >= 0.6 is 0 Å². The number of aryl methyl sites for hydroxylation is 2. The SMILES string of the molecule is Cc1n[nH]c(C)c1NC(=O)C1CCCC1C(=O)O. The van der Waals surface area contributed by atoms with Gasteiger partial charge in [0.15, 0.2) is 0 Å². The van der Waals surface area contributed by atoms with E-state index in [2.05, 4.69) is 15.5 Å². The van der Waals surface area contributed by atoms with Gasteiger partial charge in [-0.2, -0.15) is 5.10 Å². The van der Waals surface area contributed by atoms with Crippen molar-refractivity contribution >= 4 is 17.6 Å². The molecule has 6 heteroatoms. The molecule has 1 aromatic rings. The van der Waals surface area contributed by atoms with E-state index in [0.29, 0.717) is 24.2 Å². The zero-order valence-corrected chi connectivity index (χ0v) is 10.5. The lowest BCUT2D eigenvalue weighted by Gasteiger charge is -2.15. The molecule has 0 aromatic carbocycles. The molecule has 2 rings (SSSR count). The predicted octanol–water partition coefficient (Wildman–Crippen LogP) is 1.47. The molecule has 0 bridgehead atoms. The van der Waals surface area contributed by atoms with E-state index in [1.807, 2.05) is 6.92 Å². The average molecular weight is 251 g/mol. The van der Waals surface area contributed by atoms with Crippen molar-refractivity contribution in [3.05, 3.63) is 11.4 Å². The molecule has 1 aliphatic rings. The number of carbonyl (C=O) groups is 2. The molecule has 1 fully saturated rings. The van der Waals surface area contributed by atoms with E-state index in [4.69, 9.17) is 5.11 Å². The molecule has 98 valence electrons. The Labute approximate surface area is 105 Å². The molecule has 2 atom stereocenters. The highest BCUT2D eigenvalue weighted by Gasteiger charge is 2.38. The topological polar surface area (TPSA) is 95.1 Å². The zero-order chi connectivity index (χ0) is 13.3. The van der Waals surface area contributed by atoms with E-state index >= 15 is 0 Å². The van der Waals surface area contributed by atoms with Crippen molar-refractivity contribution < 1.29 is 14.7 Å². The van der Waals surface area contributed by atoms with Gasteiger partial charge in [0.25, 0.3) is 0 Å². The molecule has 0 radical (unpaired) electrons. The van der Waals surface area contributed by atoms with Crippen molar-refractivity contribution in [1.29, 1.82) is 0 Å². The summed E-state index contributed by atoms with van der Waals surface area (Å²) in [4.78, 5) is 23.2. The summed E-state index contributed by atoms with van der Waals surface area (Å²) in [7, 11) is 0. The van der Waals surface area contributed by atoms with Gasteiger partial charge in [0.1, 0.15) is 0 Å². The lowest BCUT2D eigenvalue weighted by atomic mass is 9.95. The lowest BCUT2D eigenvalue weighted by molar-refractivity contribution is -0.145. The highest BCUT2D eigenvalue weighted by atomic mass is 16.4. The zero-order valence-electron chi connectivity index (χ0n) is 10.5. The minimum Gasteiger partial charge on any atom is -0.481 e. The number of rotatable bonds is 3. The first-order chi connectivity index (χ1) is 8.50. The first kappa shape index (κ1) is 12.6. The number of aliphatic carboxylic acids is 1. The number of aromatic amines is 1. The Balaban J connectivity index is 2.11. The van der Waals surface area contributed by atoms with Crippen molar-refractivity contribution in [2.45, 2.75) is 33.1 Å². The van der Waals surface area contributed by atoms with E-state index in [1.54, 1.807) is 6.92 Å². The summed E-state index contributed by atoms with van der Waals surface area (Å²) in [5.41, 5.74) is 2.16. The Kier molecular flexibility index (Phi) is 3.36. The van der Waals surface area contributed by atoms with Crippen LogP contribution in [0, 0.1) is 25.7 Å². The van der Waals surface area contributed by atoms with Gasteiger partial charge < -0.3 is 10.4 Å². The van der Waals surface area contributed by atoms with E-state index in [1.165, 1.54) is 0 Å². The van der Waals surface area contributed by atoms with E-state index < -0.39 is 17.8 Å². The highest BCUT2D eigenvalue weighted by Crippen LogP contribution is 2.33. The standard InChI is InChI=1S/C12H17N3O3/c1-6-10(7(2)15-14-6)13-11(16)8-4-3-5-9(8)12(17)18/h8-9H,3-5H2,1-2H3,(H,13,16)(H,14,15)(H,17,18). The molecule has 0 aliphatic heterocycles. The minimum atomic E-state index is -0.881. The number of amides is 1. The number of hydrogen-bond donors (Lipinski definition) is 3. The quantitative estimate of drug-likeness (QED) is 0.758. The van der Waals surface area contributed by atoms with Crippen LogP contribution in [0.3, 0.4) is 0 Å². The third-order valence-electron chi connectivity index (χ3n) is 3.55. The van der Waals surface area contributed by atoms with Crippen LogP contribution in [0.25, 0.3) is 0 Å². The Hall–Kier alpha value is -1.85. The Morgan fingerprint density at radius 3 is 2.56 bits per heavy atom. The number of carbonyl (C=O) groups excluding carboxylic acids is 1. The second-order valence-electron chi connectivity index (χ2n) is 4.78. The molecular weight excluding hydrogens is 234 g/mol. The maximum absolute atomic E-state index is 12.1. The van der Waals surface area contributed by atoms with E-state index in [9.17, 15) is 9.59 Å².